The van der Waals surface area contributed by atoms with Crippen LogP contribution in [0.25, 0.3) is 0 Å². The summed E-state index contributed by atoms with van der Waals surface area (Å²) < 4.78 is 142. The fraction of sp³-hybridized carbons (Fsp3) is 0.261. The Kier molecular flexibility index (Phi) is 11.6. The van der Waals surface area contributed by atoms with Gasteiger partial charge in [0.2, 0.25) is 10.0 Å². The van der Waals surface area contributed by atoms with Gasteiger partial charge >= 0.3 is 24.5 Å². The molecule has 0 aliphatic rings. The van der Waals surface area contributed by atoms with Crippen molar-refractivity contribution in [3.8, 4) is 11.5 Å². The molecule has 0 amide bonds. The lowest BCUT2D eigenvalue weighted by Gasteiger charge is -2.16. The molecule has 0 saturated heterocycles. The molecule has 1 heterocycles. The van der Waals surface area contributed by atoms with Crippen molar-refractivity contribution in [1.82, 2.24) is 14.7 Å². The second kappa shape index (κ2) is 14.3. The van der Waals surface area contributed by atoms with Crippen molar-refractivity contribution in [1.29, 1.82) is 0 Å². The molecular weight excluding hydrogens is 645 g/mol. The molecule has 0 radical (unpaired) electrons. The zero-order valence-electron chi connectivity index (χ0n) is 21.8. The maximum absolute atomic E-state index is 12.7. The Morgan fingerprint density at radius 2 is 1.34 bits per heavy atom. The number of hydrogen-bond acceptors (Lipinski definition) is 9. The van der Waals surface area contributed by atoms with Crippen LogP contribution >= 0.6 is 0 Å². The fourth-order valence-corrected chi connectivity index (χ4v) is 3.51. The van der Waals surface area contributed by atoms with Crippen LogP contribution in [0.3, 0.4) is 0 Å². The number of halogens is 9. The van der Waals surface area contributed by atoms with Crippen molar-refractivity contribution in [2.45, 2.75) is 23.4 Å². The molecule has 0 fully saturated rings. The van der Waals surface area contributed by atoms with Crippen LogP contribution in [0.15, 0.2) is 59.8 Å². The quantitative estimate of drug-likeness (QED) is 0.208. The minimum Gasteiger partial charge on any atom is -0.484 e. The molecule has 44 heavy (non-hydrogen) atoms. The number of aliphatic carboxylic acids is 1. The highest BCUT2D eigenvalue weighted by molar-refractivity contribution is 7.89. The van der Waals surface area contributed by atoms with Gasteiger partial charge in [0.1, 0.15) is 29.5 Å². The molecule has 3 aromatic rings. The summed E-state index contributed by atoms with van der Waals surface area (Å²) in [5.41, 5.74) is 0.316. The average molecular weight is 665 g/mol. The fourth-order valence-electron chi connectivity index (χ4n) is 2.76. The lowest BCUT2D eigenvalue weighted by molar-refractivity contribution is -0.192. The van der Waals surface area contributed by atoms with Gasteiger partial charge in [-0.2, -0.15) is 39.5 Å². The lowest BCUT2D eigenvalue weighted by atomic mass is 10.3. The molecule has 242 valence electrons. The van der Waals surface area contributed by atoms with Crippen LogP contribution in [0.2, 0.25) is 0 Å². The van der Waals surface area contributed by atoms with E-state index in [9.17, 15) is 47.9 Å². The van der Waals surface area contributed by atoms with Gasteiger partial charge in [-0.05, 0) is 49.5 Å². The molecule has 21 heteroatoms. The van der Waals surface area contributed by atoms with E-state index < -0.39 is 47.7 Å². The monoisotopic (exact) mass is 665 g/mol. The number of carboxylic acids is 1. The largest absolute Gasteiger partial charge is 0.490 e. The number of carbonyl (C=O) groups is 1. The summed E-state index contributed by atoms with van der Waals surface area (Å²) in [6.45, 7) is -3.05. The van der Waals surface area contributed by atoms with Crippen molar-refractivity contribution < 1.29 is 67.3 Å². The van der Waals surface area contributed by atoms with Gasteiger partial charge in [-0.1, -0.05) is 0 Å². The summed E-state index contributed by atoms with van der Waals surface area (Å²) >= 11 is 0. The molecule has 0 aliphatic heterocycles. The third kappa shape index (κ3) is 12.4. The van der Waals surface area contributed by atoms with E-state index in [1.807, 2.05) is 0 Å². The van der Waals surface area contributed by atoms with Crippen LogP contribution in [0, 0.1) is 0 Å². The van der Waals surface area contributed by atoms with Gasteiger partial charge in [0, 0.05) is 11.8 Å². The summed E-state index contributed by atoms with van der Waals surface area (Å²) in [7, 11) is -2.75. The van der Waals surface area contributed by atoms with Gasteiger partial charge in [0.05, 0.1) is 10.6 Å². The molecule has 4 N–H and O–H groups in total. The van der Waals surface area contributed by atoms with Crippen molar-refractivity contribution >= 4 is 39.0 Å². The number of nitrogens with zero attached hydrogens (tertiary/aromatic N) is 2. The second-order valence-electron chi connectivity index (χ2n) is 8.04. The van der Waals surface area contributed by atoms with E-state index in [1.165, 1.54) is 37.4 Å². The molecule has 0 spiro atoms. The van der Waals surface area contributed by atoms with Crippen LogP contribution < -0.4 is 24.8 Å². The summed E-state index contributed by atoms with van der Waals surface area (Å²) in [5, 5.41) is 12.7. The number of benzene rings is 2. The number of hydrogen-bond donors (Lipinski definition) is 4. The second-order valence-corrected chi connectivity index (χ2v) is 9.93. The molecule has 0 bridgehead atoms. The number of nitrogens with one attached hydrogen (secondary N) is 3. The van der Waals surface area contributed by atoms with E-state index in [1.54, 1.807) is 0 Å². The number of alkyl halides is 9. The summed E-state index contributed by atoms with van der Waals surface area (Å²) in [6.07, 6.45) is -13.1. The maximum atomic E-state index is 12.7. The Morgan fingerprint density at radius 3 is 1.84 bits per heavy atom. The number of rotatable bonds is 10. The lowest BCUT2D eigenvalue weighted by Crippen LogP contribution is -2.21. The number of anilines is 4. The van der Waals surface area contributed by atoms with Crippen LogP contribution in [-0.2, 0) is 14.8 Å². The smallest absolute Gasteiger partial charge is 0.484 e. The predicted molar refractivity (Wildman–Crippen MR) is 135 cm³/mol. The molecule has 0 unspecified atom stereocenters. The Hall–Kier alpha value is -4.53. The maximum Gasteiger partial charge on any atom is 0.490 e. The molecule has 1 aromatic heterocycles. The van der Waals surface area contributed by atoms with E-state index in [0.29, 0.717) is 5.69 Å². The molecule has 0 atom stereocenters. The topological polar surface area (TPSA) is 152 Å². The molecule has 2 aromatic carbocycles. The first kappa shape index (κ1) is 35.7. The van der Waals surface area contributed by atoms with Gasteiger partial charge in [-0.3, -0.25) is 0 Å². The zero-order chi connectivity index (χ0) is 33.3. The highest BCUT2D eigenvalue weighted by atomic mass is 32.2. The van der Waals surface area contributed by atoms with Gasteiger partial charge in [0.25, 0.3) is 0 Å². The summed E-state index contributed by atoms with van der Waals surface area (Å²) in [6, 6.07) is 10.1. The van der Waals surface area contributed by atoms with E-state index in [2.05, 4.69) is 30.1 Å². The SMILES string of the molecule is CNS(=O)(=O)c1ccc(OCC(F)(F)F)c(Nc2cc(Nc3ccc(OCC(F)(F)F)cc3)ncn2)c1.O=C(O)C(F)(F)F. The number of aromatic nitrogens is 2. The van der Waals surface area contributed by atoms with Gasteiger partial charge in [-0.15, -0.1) is 0 Å². The number of sulfonamides is 1. The van der Waals surface area contributed by atoms with E-state index in [4.69, 9.17) is 14.6 Å². The van der Waals surface area contributed by atoms with Crippen LogP contribution in [0.5, 0.6) is 11.5 Å². The Bertz CT molecular complexity index is 1520. The standard InChI is InChI=1S/C21H19F6N5O4S.C2HF3O2/c1-28-37(33,34)15-6-7-17(36-11-21(25,26)27)16(8-15)32-19-9-18(29-12-30-19)31-13-2-4-14(5-3-13)35-10-20(22,23)24;3-2(4,5)1(6)7/h2-9,12,28H,10-11H2,1H3,(H2,29,30,31,32);(H,6,7). The minimum atomic E-state index is -5.08. The third-order valence-electron chi connectivity index (χ3n) is 4.62. The Balaban J connectivity index is 0.000000860. The zero-order valence-corrected chi connectivity index (χ0v) is 22.6. The highest BCUT2D eigenvalue weighted by Gasteiger charge is 2.38. The molecule has 3 rings (SSSR count). The third-order valence-corrected chi connectivity index (χ3v) is 6.03. The summed E-state index contributed by atoms with van der Waals surface area (Å²) in [4.78, 5) is 16.6. The van der Waals surface area contributed by atoms with Crippen molar-refractivity contribution in [2.24, 2.45) is 0 Å². The van der Waals surface area contributed by atoms with Crippen LogP contribution in [0.4, 0.5) is 62.5 Å². The first-order valence-electron chi connectivity index (χ1n) is 11.4. The predicted octanol–water partition coefficient (Wildman–Crippen LogP) is 5.39. The van der Waals surface area contributed by atoms with Gasteiger partial charge in [0.15, 0.2) is 13.2 Å². The Labute approximate surface area is 242 Å². The van der Waals surface area contributed by atoms with Crippen LogP contribution in [0.1, 0.15) is 0 Å². The highest BCUT2D eigenvalue weighted by Crippen LogP contribution is 2.32. The molecular formula is C23H20F9N5O6S. The first-order valence-corrected chi connectivity index (χ1v) is 12.9. The molecule has 0 aliphatic carbocycles. The van der Waals surface area contributed by atoms with Gasteiger partial charge in [-0.25, -0.2) is 27.9 Å². The van der Waals surface area contributed by atoms with Crippen molar-refractivity contribution in [3.05, 3.63) is 54.9 Å². The number of ether oxygens (including phenoxy) is 2. The summed E-state index contributed by atoms with van der Waals surface area (Å²) in [5.74, 6) is -2.77. The van der Waals surface area contributed by atoms with Crippen molar-refractivity contribution in [2.75, 3.05) is 30.9 Å². The number of carboxylic acid groups (broad SMARTS) is 1. The average Bonchev–Trinajstić information content (AvgIpc) is 2.91. The van der Waals surface area contributed by atoms with Gasteiger partial charge < -0.3 is 25.2 Å². The normalized spacial score (nSPS) is 12.0. The first-order chi connectivity index (χ1) is 20.2. The van der Waals surface area contributed by atoms with E-state index in [0.717, 1.165) is 24.5 Å². The van der Waals surface area contributed by atoms with Crippen molar-refractivity contribution in [3.63, 3.8) is 0 Å². The Morgan fingerprint density at radius 1 is 0.818 bits per heavy atom. The molecule has 11 nitrogen and oxygen atoms in total. The van der Waals surface area contributed by atoms with E-state index in [-0.39, 0.29) is 33.7 Å². The van der Waals surface area contributed by atoms with Crippen LogP contribution in [-0.4, -0.2) is 68.3 Å². The molecule has 0 saturated carbocycles. The minimum absolute atomic E-state index is 0.00397. The van der Waals surface area contributed by atoms with E-state index >= 15 is 0 Å².